The molecule has 0 aliphatic rings. The van der Waals surface area contributed by atoms with Crippen LogP contribution in [0.4, 0.5) is 4.39 Å². The van der Waals surface area contributed by atoms with Crippen molar-refractivity contribution >= 4 is 11.6 Å². The number of nitriles is 1. The van der Waals surface area contributed by atoms with E-state index in [2.05, 4.69) is 9.97 Å². The van der Waals surface area contributed by atoms with Crippen molar-refractivity contribution in [3.8, 4) is 6.07 Å². The summed E-state index contributed by atoms with van der Waals surface area (Å²) in [6.45, 7) is 0. The molecule has 0 bridgehead atoms. The highest BCUT2D eigenvalue weighted by Gasteiger charge is 2.04. The van der Waals surface area contributed by atoms with E-state index >= 15 is 0 Å². The van der Waals surface area contributed by atoms with Crippen LogP contribution in [0.2, 0.25) is 5.15 Å². The standard InChI is InChI=1S/C13H9ClFN3/c14-13-10(7-16)8-17-12(18-13)6-3-9-1-4-11(15)5-2-9/h1-2,4-5,8H,3,6H2. The molecule has 0 radical (unpaired) electrons. The van der Waals surface area contributed by atoms with Crippen molar-refractivity contribution < 1.29 is 4.39 Å². The second-order valence-corrected chi connectivity index (χ2v) is 4.09. The third-order valence-corrected chi connectivity index (χ3v) is 2.75. The van der Waals surface area contributed by atoms with Crippen LogP contribution in [0.3, 0.4) is 0 Å². The lowest BCUT2D eigenvalue weighted by Gasteiger charge is -2.02. The molecule has 0 amide bonds. The first-order valence-electron chi connectivity index (χ1n) is 5.35. The van der Waals surface area contributed by atoms with Crippen LogP contribution in [0.25, 0.3) is 0 Å². The zero-order valence-electron chi connectivity index (χ0n) is 9.40. The Kier molecular flexibility index (Phi) is 3.85. The SMILES string of the molecule is N#Cc1cnc(CCc2ccc(F)cc2)nc1Cl. The summed E-state index contributed by atoms with van der Waals surface area (Å²) in [5.41, 5.74) is 1.27. The third kappa shape index (κ3) is 3.02. The molecule has 2 aromatic rings. The second-order valence-electron chi connectivity index (χ2n) is 3.73. The predicted molar refractivity (Wildman–Crippen MR) is 65.6 cm³/mol. The van der Waals surface area contributed by atoms with Crippen LogP contribution in [0.5, 0.6) is 0 Å². The summed E-state index contributed by atoms with van der Waals surface area (Å²) in [7, 11) is 0. The first-order valence-corrected chi connectivity index (χ1v) is 5.73. The molecule has 0 saturated carbocycles. The van der Waals surface area contributed by atoms with Gasteiger partial charge >= 0.3 is 0 Å². The molecule has 0 aliphatic carbocycles. The van der Waals surface area contributed by atoms with Gasteiger partial charge in [-0.05, 0) is 24.1 Å². The molecule has 2 rings (SSSR count). The van der Waals surface area contributed by atoms with E-state index in [9.17, 15) is 4.39 Å². The van der Waals surface area contributed by atoms with Gasteiger partial charge < -0.3 is 0 Å². The third-order valence-electron chi connectivity index (χ3n) is 2.46. The van der Waals surface area contributed by atoms with Gasteiger partial charge in [-0.2, -0.15) is 5.26 Å². The Morgan fingerprint density at radius 2 is 1.94 bits per heavy atom. The average molecular weight is 262 g/mol. The smallest absolute Gasteiger partial charge is 0.150 e. The lowest BCUT2D eigenvalue weighted by atomic mass is 10.1. The molecule has 1 aromatic heterocycles. The summed E-state index contributed by atoms with van der Waals surface area (Å²) in [5, 5.41) is 8.86. The van der Waals surface area contributed by atoms with Crippen LogP contribution in [-0.4, -0.2) is 9.97 Å². The van der Waals surface area contributed by atoms with Crippen molar-refractivity contribution in [3.05, 3.63) is 58.4 Å². The molecule has 0 unspecified atom stereocenters. The number of hydrogen-bond acceptors (Lipinski definition) is 3. The van der Waals surface area contributed by atoms with E-state index in [-0.39, 0.29) is 16.5 Å². The molecule has 0 aliphatic heterocycles. The predicted octanol–water partition coefficient (Wildman–Crippen LogP) is 2.93. The summed E-state index contributed by atoms with van der Waals surface area (Å²) < 4.78 is 12.7. The summed E-state index contributed by atoms with van der Waals surface area (Å²) in [6.07, 6.45) is 2.70. The molecular formula is C13H9ClFN3. The number of aryl methyl sites for hydroxylation is 2. The highest BCUT2D eigenvalue weighted by Crippen LogP contribution is 2.12. The summed E-state index contributed by atoms with van der Waals surface area (Å²) in [6, 6.07) is 8.19. The first-order chi connectivity index (χ1) is 8.69. The van der Waals surface area contributed by atoms with E-state index in [1.165, 1.54) is 18.3 Å². The fourth-order valence-electron chi connectivity index (χ4n) is 1.50. The quantitative estimate of drug-likeness (QED) is 0.798. The topological polar surface area (TPSA) is 49.6 Å². The zero-order valence-corrected chi connectivity index (χ0v) is 10.2. The van der Waals surface area contributed by atoms with Crippen LogP contribution in [0.15, 0.2) is 30.5 Å². The van der Waals surface area contributed by atoms with Crippen LogP contribution < -0.4 is 0 Å². The summed E-state index contributed by atoms with van der Waals surface area (Å²) in [5.74, 6) is 0.319. The minimum absolute atomic E-state index is 0.168. The summed E-state index contributed by atoms with van der Waals surface area (Å²) >= 11 is 5.81. The van der Waals surface area contributed by atoms with E-state index in [1.54, 1.807) is 12.1 Å². The van der Waals surface area contributed by atoms with Gasteiger partial charge in [0.1, 0.15) is 23.3 Å². The monoisotopic (exact) mass is 261 g/mol. The largest absolute Gasteiger partial charge is 0.240 e. The van der Waals surface area contributed by atoms with Gasteiger partial charge in [0.15, 0.2) is 5.15 Å². The minimum atomic E-state index is -0.253. The Labute approximate surface area is 109 Å². The number of aromatic nitrogens is 2. The summed E-state index contributed by atoms with van der Waals surface area (Å²) in [4.78, 5) is 8.09. The molecule has 1 aromatic carbocycles. The van der Waals surface area contributed by atoms with Crippen molar-refractivity contribution in [1.29, 1.82) is 5.26 Å². The molecular weight excluding hydrogens is 253 g/mol. The molecule has 0 fully saturated rings. The van der Waals surface area contributed by atoms with Gasteiger partial charge in [0.05, 0.1) is 0 Å². The molecule has 0 saturated heterocycles. The van der Waals surface area contributed by atoms with Crippen LogP contribution in [0, 0.1) is 17.1 Å². The maximum absolute atomic E-state index is 12.7. The van der Waals surface area contributed by atoms with E-state index in [4.69, 9.17) is 16.9 Å². The van der Waals surface area contributed by atoms with Crippen molar-refractivity contribution in [2.75, 3.05) is 0 Å². The Balaban J connectivity index is 2.04. The highest BCUT2D eigenvalue weighted by atomic mass is 35.5. The van der Waals surface area contributed by atoms with Crippen molar-refractivity contribution in [1.82, 2.24) is 9.97 Å². The van der Waals surface area contributed by atoms with E-state index in [0.717, 1.165) is 5.56 Å². The van der Waals surface area contributed by atoms with Crippen molar-refractivity contribution in [3.63, 3.8) is 0 Å². The molecule has 18 heavy (non-hydrogen) atoms. The van der Waals surface area contributed by atoms with Gasteiger partial charge in [0.25, 0.3) is 0 Å². The van der Waals surface area contributed by atoms with E-state index in [0.29, 0.717) is 18.7 Å². The van der Waals surface area contributed by atoms with Crippen molar-refractivity contribution in [2.24, 2.45) is 0 Å². The van der Waals surface area contributed by atoms with E-state index in [1.807, 2.05) is 6.07 Å². The molecule has 90 valence electrons. The lowest BCUT2D eigenvalue weighted by Crippen LogP contribution is -1.99. The molecule has 0 atom stereocenters. The van der Waals surface area contributed by atoms with Crippen LogP contribution in [-0.2, 0) is 12.8 Å². The molecule has 5 heteroatoms. The van der Waals surface area contributed by atoms with Gasteiger partial charge in [-0.25, -0.2) is 14.4 Å². The van der Waals surface area contributed by atoms with Gasteiger partial charge in [0.2, 0.25) is 0 Å². The Hall–Kier alpha value is -1.99. The maximum atomic E-state index is 12.7. The lowest BCUT2D eigenvalue weighted by molar-refractivity contribution is 0.627. The Morgan fingerprint density at radius 3 is 2.56 bits per heavy atom. The molecule has 3 nitrogen and oxygen atoms in total. The molecule has 0 spiro atoms. The van der Waals surface area contributed by atoms with Crippen LogP contribution in [0.1, 0.15) is 17.0 Å². The Morgan fingerprint density at radius 1 is 1.22 bits per heavy atom. The van der Waals surface area contributed by atoms with Crippen molar-refractivity contribution in [2.45, 2.75) is 12.8 Å². The Bertz CT molecular complexity index is 590. The normalized spacial score (nSPS) is 10.1. The van der Waals surface area contributed by atoms with Gasteiger partial charge in [0, 0.05) is 12.6 Å². The number of hydrogen-bond donors (Lipinski definition) is 0. The number of nitrogens with zero attached hydrogens (tertiary/aromatic N) is 3. The van der Waals surface area contributed by atoms with Gasteiger partial charge in [-0.3, -0.25) is 0 Å². The number of rotatable bonds is 3. The minimum Gasteiger partial charge on any atom is -0.240 e. The second kappa shape index (κ2) is 5.56. The highest BCUT2D eigenvalue weighted by molar-refractivity contribution is 6.30. The van der Waals surface area contributed by atoms with Gasteiger partial charge in [-0.15, -0.1) is 0 Å². The first kappa shape index (κ1) is 12.5. The average Bonchev–Trinajstić information content (AvgIpc) is 2.38. The molecule has 1 heterocycles. The fourth-order valence-corrected chi connectivity index (χ4v) is 1.69. The molecule has 0 N–H and O–H groups in total. The van der Waals surface area contributed by atoms with Crippen LogP contribution >= 0.6 is 11.6 Å². The number of benzene rings is 1. The maximum Gasteiger partial charge on any atom is 0.150 e. The fraction of sp³-hybridized carbons (Fsp3) is 0.154. The van der Waals surface area contributed by atoms with Gasteiger partial charge in [-0.1, -0.05) is 23.7 Å². The van der Waals surface area contributed by atoms with E-state index < -0.39 is 0 Å². The zero-order chi connectivity index (χ0) is 13.0. The number of halogens is 2.